The largest absolute Gasteiger partial charge is 0.349 e. The Morgan fingerprint density at radius 3 is 2.59 bits per heavy atom. The number of benzene rings is 1. The first-order valence-corrected chi connectivity index (χ1v) is 10.4. The van der Waals surface area contributed by atoms with Gasteiger partial charge in [0.2, 0.25) is 5.13 Å². The molecule has 0 radical (unpaired) electrons. The number of aromatic nitrogens is 4. The number of hydrogen-bond acceptors (Lipinski definition) is 6. The maximum absolute atomic E-state index is 4.73. The number of hydrogen-bond donors (Lipinski definition) is 1. The van der Waals surface area contributed by atoms with Crippen LogP contribution in [0.5, 0.6) is 0 Å². The molecule has 1 aliphatic heterocycles. The van der Waals surface area contributed by atoms with Gasteiger partial charge in [0.15, 0.2) is 5.96 Å². The lowest BCUT2D eigenvalue weighted by Crippen LogP contribution is -2.52. The second kappa shape index (κ2) is 9.70. The second-order valence-corrected chi connectivity index (χ2v) is 7.53. The second-order valence-electron chi connectivity index (χ2n) is 6.80. The fraction of sp³-hybridized carbons (Fsp3) is 0.474. The quantitative estimate of drug-likeness (QED) is 0.320. The van der Waals surface area contributed by atoms with Gasteiger partial charge in [-0.1, -0.05) is 19.1 Å². The van der Waals surface area contributed by atoms with Gasteiger partial charge in [0.05, 0.1) is 17.6 Å². The van der Waals surface area contributed by atoms with Crippen LogP contribution in [-0.2, 0) is 20.0 Å². The molecule has 3 heterocycles. The summed E-state index contributed by atoms with van der Waals surface area (Å²) in [6.45, 7) is 6.39. The van der Waals surface area contributed by atoms with Crippen LogP contribution >= 0.6 is 35.5 Å². The van der Waals surface area contributed by atoms with Gasteiger partial charge in [-0.05, 0) is 12.1 Å². The number of fused-ring (bicyclic) bond motifs is 1. The highest BCUT2D eigenvalue weighted by atomic mass is 127. The van der Waals surface area contributed by atoms with E-state index in [-0.39, 0.29) is 24.0 Å². The van der Waals surface area contributed by atoms with Gasteiger partial charge in [0.25, 0.3) is 0 Å². The molecule has 1 aromatic carbocycles. The van der Waals surface area contributed by atoms with Gasteiger partial charge in [0, 0.05) is 58.2 Å². The minimum atomic E-state index is 0. The Morgan fingerprint density at radius 2 is 1.93 bits per heavy atom. The number of imidazole rings is 1. The third kappa shape index (κ3) is 4.63. The Balaban J connectivity index is 0.00000240. The molecule has 0 atom stereocenters. The van der Waals surface area contributed by atoms with Crippen molar-refractivity contribution in [1.82, 2.24) is 29.1 Å². The van der Waals surface area contributed by atoms with E-state index >= 15 is 0 Å². The summed E-state index contributed by atoms with van der Waals surface area (Å²) in [5.41, 5.74) is 2.17. The van der Waals surface area contributed by atoms with Gasteiger partial charge in [-0.3, -0.25) is 4.99 Å². The van der Waals surface area contributed by atoms with E-state index in [4.69, 9.17) is 4.98 Å². The van der Waals surface area contributed by atoms with Gasteiger partial charge < -0.3 is 19.7 Å². The molecule has 0 spiro atoms. The molecule has 156 valence electrons. The SMILES string of the molecule is CCc1nsc(N2CCN(C(=NC)NCc3nc4ccccc4n3C)CC2)n1.I. The summed E-state index contributed by atoms with van der Waals surface area (Å²) in [5.74, 6) is 2.85. The summed E-state index contributed by atoms with van der Waals surface area (Å²) in [6.07, 6.45) is 0.884. The lowest BCUT2D eigenvalue weighted by atomic mass is 10.3. The molecule has 1 saturated heterocycles. The van der Waals surface area contributed by atoms with E-state index in [0.717, 1.165) is 66.4 Å². The van der Waals surface area contributed by atoms with E-state index in [9.17, 15) is 0 Å². The van der Waals surface area contributed by atoms with E-state index in [2.05, 4.69) is 54.1 Å². The molecule has 10 heteroatoms. The van der Waals surface area contributed by atoms with Crippen LogP contribution in [0.4, 0.5) is 5.13 Å². The van der Waals surface area contributed by atoms with Gasteiger partial charge in [-0.2, -0.15) is 4.37 Å². The Morgan fingerprint density at radius 1 is 1.17 bits per heavy atom. The molecule has 0 aliphatic carbocycles. The number of guanidine groups is 1. The van der Waals surface area contributed by atoms with Crippen molar-refractivity contribution in [2.75, 3.05) is 38.1 Å². The third-order valence-electron chi connectivity index (χ3n) is 5.12. The predicted octanol–water partition coefficient (Wildman–Crippen LogP) is 2.50. The summed E-state index contributed by atoms with van der Waals surface area (Å²) >= 11 is 1.50. The third-order valence-corrected chi connectivity index (χ3v) is 5.93. The first kappa shape index (κ1) is 21.8. The predicted molar refractivity (Wildman–Crippen MR) is 129 cm³/mol. The molecule has 29 heavy (non-hydrogen) atoms. The van der Waals surface area contributed by atoms with Gasteiger partial charge >= 0.3 is 0 Å². The Hall–Kier alpha value is -1.95. The fourth-order valence-electron chi connectivity index (χ4n) is 3.47. The first-order chi connectivity index (χ1) is 13.7. The molecule has 1 fully saturated rings. The topological polar surface area (TPSA) is 74.5 Å². The van der Waals surface area contributed by atoms with E-state index in [1.165, 1.54) is 11.5 Å². The van der Waals surface area contributed by atoms with Crippen molar-refractivity contribution in [2.45, 2.75) is 19.9 Å². The molecule has 2 aromatic heterocycles. The highest BCUT2D eigenvalue weighted by Crippen LogP contribution is 2.19. The monoisotopic (exact) mass is 526 g/mol. The minimum Gasteiger partial charge on any atom is -0.349 e. The fourth-order valence-corrected chi connectivity index (χ4v) is 4.27. The highest BCUT2D eigenvalue weighted by molar-refractivity contribution is 14.0. The van der Waals surface area contributed by atoms with Crippen molar-refractivity contribution in [2.24, 2.45) is 12.0 Å². The molecule has 1 aliphatic rings. The molecule has 4 rings (SSSR count). The van der Waals surface area contributed by atoms with E-state index < -0.39 is 0 Å². The number of piperazine rings is 1. The summed E-state index contributed by atoms with van der Waals surface area (Å²) < 4.78 is 6.53. The number of halogens is 1. The summed E-state index contributed by atoms with van der Waals surface area (Å²) in [4.78, 5) is 18.4. The Labute approximate surface area is 192 Å². The van der Waals surface area contributed by atoms with Gasteiger partial charge in [-0.15, -0.1) is 24.0 Å². The van der Waals surface area contributed by atoms with Crippen molar-refractivity contribution < 1.29 is 0 Å². The molecule has 0 amide bonds. The first-order valence-electron chi connectivity index (χ1n) is 9.63. The molecule has 0 saturated carbocycles. The lowest BCUT2D eigenvalue weighted by molar-refractivity contribution is 0.371. The summed E-state index contributed by atoms with van der Waals surface area (Å²) in [5, 5.41) is 4.50. The molecular weight excluding hydrogens is 499 g/mol. The molecular formula is C19H27IN8S. The van der Waals surface area contributed by atoms with Crippen molar-refractivity contribution in [3.63, 3.8) is 0 Å². The average Bonchev–Trinajstić information content (AvgIpc) is 3.34. The van der Waals surface area contributed by atoms with Crippen LogP contribution in [-0.4, -0.2) is 63.0 Å². The summed E-state index contributed by atoms with van der Waals surface area (Å²) in [7, 11) is 3.89. The van der Waals surface area contributed by atoms with E-state index in [1.807, 2.05) is 25.2 Å². The van der Waals surface area contributed by atoms with Crippen LogP contribution in [0.2, 0.25) is 0 Å². The average molecular weight is 526 g/mol. The molecule has 1 N–H and O–H groups in total. The number of aryl methyl sites for hydroxylation is 2. The maximum Gasteiger partial charge on any atom is 0.205 e. The van der Waals surface area contributed by atoms with E-state index in [1.54, 1.807) is 0 Å². The zero-order valence-corrected chi connectivity index (χ0v) is 20.1. The van der Waals surface area contributed by atoms with Crippen LogP contribution in [0.25, 0.3) is 11.0 Å². The minimum absolute atomic E-state index is 0. The highest BCUT2D eigenvalue weighted by Gasteiger charge is 2.22. The van der Waals surface area contributed by atoms with Crippen LogP contribution in [0, 0.1) is 0 Å². The number of rotatable bonds is 4. The number of nitrogens with one attached hydrogen (secondary N) is 1. The zero-order chi connectivity index (χ0) is 19.5. The van der Waals surface area contributed by atoms with Crippen LogP contribution in [0.15, 0.2) is 29.3 Å². The number of anilines is 1. The smallest absolute Gasteiger partial charge is 0.205 e. The standard InChI is InChI=1S/C19H26N8S.HI/c1-4-16-23-19(28-24-16)27-11-9-26(10-12-27)18(20-2)21-13-17-22-14-7-5-6-8-15(14)25(17)3;/h5-8H,4,9-13H2,1-3H3,(H,20,21);1H. The van der Waals surface area contributed by atoms with E-state index in [0.29, 0.717) is 6.54 Å². The van der Waals surface area contributed by atoms with Crippen LogP contribution in [0.1, 0.15) is 18.6 Å². The molecule has 8 nitrogen and oxygen atoms in total. The normalized spacial score (nSPS) is 14.9. The zero-order valence-electron chi connectivity index (χ0n) is 17.0. The van der Waals surface area contributed by atoms with Crippen LogP contribution < -0.4 is 10.2 Å². The number of nitrogens with zero attached hydrogens (tertiary/aromatic N) is 7. The Bertz CT molecular complexity index is 974. The molecule has 0 bridgehead atoms. The lowest BCUT2D eigenvalue weighted by Gasteiger charge is -2.36. The van der Waals surface area contributed by atoms with Crippen LogP contribution in [0.3, 0.4) is 0 Å². The molecule has 0 unspecified atom stereocenters. The van der Waals surface area contributed by atoms with Crippen molar-refractivity contribution in [3.8, 4) is 0 Å². The number of para-hydroxylation sites is 2. The molecule has 3 aromatic rings. The van der Waals surface area contributed by atoms with Crippen molar-refractivity contribution >= 4 is 57.6 Å². The van der Waals surface area contributed by atoms with Crippen molar-refractivity contribution in [1.29, 1.82) is 0 Å². The van der Waals surface area contributed by atoms with Gasteiger partial charge in [-0.25, -0.2) is 9.97 Å². The maximum atomic E-state index is 4.73. The Kier molecular flexibility index (Phi) is 7.28. The van der Waals surface area contributed by atoms with Crippen molar-refractivity contribution in [3.05, 3.63) is 35.9 Å². The number of aliphatic imine (C=N–C) groups is 1. The summed E-state index contributed by atoms with van der Waals surface area (Å²) in [6, 6.07) is 8.20. The van der Waals surface area contributed by atoms with Gasteiger partial charge in [0.1, 0.15) is 11.6 Å².